The Labute approximate surface area is 127 Å². The van der Waals surface area contributed by atoms with Crippen molar-refractivity contribution >= 4 is 18.3 Å². The number of hydrogen-bond donors (Lipinski definition) is 2. The summed E-state index contributed by atoms with van der Waals surface area (Å²) in [6, 6.07) is 9.80. The predicted molar refractivity (Wildman–Crippen MR) is 85.9 cm³/mol. The van der Waals surface area contributed by atoms with Gasteiger partial charge in [0.05, 0.1) is 5.54 Å². The van der Waals surface area contributed by atoms with Crippen LogP contribution in [0.5, 0.6) is 0 Å². The smallest absolute Gasteiger partial charge is 0.237 e. The molecule has 0 aliphatic carbocycles. The molecule has 0 aliphatic rings. The Hall–Kier alpha value is -1.10. The number of amides is 1. The van der Waals surface area contributed by atoms with Gasteiger partial charge in [0, 0.05) is 0 Å². The highest BCUT2D eigenvalue weighted by Gasteiger charge is 2.31. The van der Waals surface area contributed by atoms with Crippen molar-refractivity contribution in [2.24, 2.45) is 11.5 Å². The summed E-state index contributed by atoms with van der Waals surface area (Å²) in [6.07, 6.45) is 3.06. The van der Waals surface area contributed by atoms with Crippen LogP contribution in [0.2, 0.25) is 0 Å². The third-order valence-corrected chi connectivity index (χ3v) is 3.33. The zero-order chi connectivity index (χ0) is 14.3. The molecule has 1 unspecified atom stereocenters. The van der Waals surface area contributed by atoms with E-state index in [0.717, 1.165) is 24.9 Å². The summed E-state index contributed by atoms with van der Waals surface area (Å²) >= 11 is 0. The van der Waals surface area contributed by atoms with Gasteiger partial charge in [0.15, 0.2) is 0 Å². The maximum absolute atomic E-state index is 11.6. The van der Waals surface area contributed by atoms with Crippen molar-refractivity contribution in [2.75, 3.05) is 20.6 Å². The third kappa shape index (κ3) is 6.37. The highest BCUT2D eigenvalue weighted by Crippen LogP contribution is 2.17. The Bertz CT molecular complexity index is 397. The van der Waals surface area contributed by atoms with Crippen LogP contribution in [0.15, 0.2) is 30.3 Å². The second-order valence-electron chi connectivity index (χ2n) is 5.44. The van der Waals surface area contributed by atoms with E-state index in [0.29, 0.717) is 12.8 Å². The van der Waals surface area contributed by atoms with E-state index in [9.17, 15) is 4.79 Å². The number of nitrogens with zero attached hydrogens (tertiary/aromatic N) is 1. The Morgan fingerprint density at radius 1 is 1.20 bits per heavy atom. The van der Waals surface area contributed by atoms with E-state index in [1.807, 2.05) is 44.4 Å². The lowest BCUT2D eigenvalue weighted by Gasteiger charge is -2.26. The molecular formula is C15H26ClN3O. The normalized spacial score (nSPS) is 13.6. The van der Waals surface area contributed by atoms with Crippen molar-refractivity contribution in [3.05, 3.63) is 35.9 Å². The first-order valence-electron chi connectivity index (χ1n) is 6.71. The van der Waals surface area contributed by atoms with Crippen LogP contribution >= 0.6 is 12.4 Å². The molecule has 0 fully saturated rings. The molecule has 0 aliphatic heterocycles. The van der Waals surface area contributed by atoms with Crippen LogP contribution in [-0.2, 0) is 11.2 Å². The maximum Gasteiger partial charge on any atom is 0.237 e. The molecular weight excluding hydrogens is 274 g/mol. The van der Waals surface area contributed by atoms with Gasteiger partial charge in [0.1, 0.15) is 0 Å². The largest absolute Gasteiger partial charge is 0.368 e. The summed E-state index contributed by atoms with van der Waals surface area (Å²) in [5.74, 6) is -0.416. The number of nitrogens with two attached hydrogens (primary N) is 2. The Balaban J connectivity index is 0.00000361. The van der Waals surface area contributed by atoms with Crippen LogP contribution in [0.25, 0.3) is 0 Å². The standard InChI is InChI=1S/C15H25N3O.ClH/c1-18(2)11-7-6-10-15(17,14(16)19)12-13-8-4-3-5-9-13;/h3-5,8-9H,6-7,10-12,17H2,1-2H3,(H2,16,19);1H. The zero-order valence-corrected chi connectivity index (χ0v) is 13.2. The summed E-state index contributed by atoms with van der Waals surface area (Å²) < 4.78 is 0. The summed E-state index contributed by atoms with van der Waals surface area (Å²) in [4.78, 5) is 13.8. The molecule has 1 aromatic rings. The van der Waals surface area contributed by atoms with Crippen molar-refractivity contribution in [2.45, 2.75) is 31.2 Å². The van der Waals surface area contributed by atoms with Crippen LogP contribution in [0, 0.1) is 0 Å². The minimum absolute atomic E-state index is 0. The summed E-state index contributed by atoms with van der Waals surface area (Å²) in [6.45, 7) is 1.00. The fourth-order valence-electron chi connectivity index (χ4n) is 2.13. The van der Waals surface area contributed by atoms with E-state index in [4.69, 9.17) is 11.5 Å². The van der Waals surface area contributed by atoms with Crippen LogP contribution in [0.1, 0.15) is 24.8 Å². The molecule has 4 N–H and O–H groups in total. The van der Waals surface area contributed by atoms with Crippen molar-refractivity contribution < 1.29 is 4.79 Å². The molecule has 0 saturated carbocycles. The van der Waals surface area contributed by atoms with Crippen molar-refractivity contribution in [1.29, 1.82) is 0 Å². The first-order valence-corrected chi connectivity index (χ1v) is 6.71. The molecule has 114 valence electrons. The van der Waals surface area contributed by atoms with E-state index in [2.05, 4.69) is 4.90 Å². The van der Waals surface area contributed by atoms with Crippen LogP contribution < -0.4 is 11.5 Å². The molecule has 1 atom stereocenters. The van der Waals surface area contributed by atoms with E-state index < -0.39 is 11.4 Å². The van der Waals surface area contributed by atoms with E-state index in [-0.39, 0.29) is 12.4 Å². The first kappa shape index (κ1) is 18.9. The van der Waals surface area contributed by atoms with Gasteiger partial charge in [0.2, 0.25) is 5.91 Å². The average Bonchev–Trinajstić information content (AvgIpc) is 2.35. The molecule has 1 amide bonds. The molecule has 1 aromatic carbocycles. The van der Waals surface area contributed by atoms with E-state index in [1.54, 1.807) is 0 Å². The maximum atomic E-state index is 11.6. The fourth-order valence-corrected chi connectivity index (χ4v) is 2.13. The monoisotopic (exact) mass is 299 g/mol. The topological polar surface area (TPSA) is 72.3 Å². The number of primary amides is 1. The fraction of sp³-hybridized carbons (Fsp3) is 0.533. The molecule has 5 heteroatoms. The predicted octanol–water partition coefficient (Wildman–Crippen LogP) is 1.57. The average molecular weight is 300 g/mol. The summed E-state index contributed by atoms with van der Waals surface area (Å²) in [5, 5.41) is 0. The molecule has 20 heavy (non-hydrogen) atoms. The third-order valence-electron chi connectivity index (χ3n) is 3.33. The van der Waals surface area contributed by atoms with Gasteiger partial charge in [-0.05, 0) is 51.9 Å². The summed E-state index contributed by atoms with van der Waals surface area (Å²) in [5.41, 5.74) is 11.8. The molecule has 4 nitrogen and oxygen atoms in total. The van der Waals surface area contributed by atoms with E-state index >= 15 is 0 Å². The number of halogens is 1. The number of carbonyl (C=O) groups excluding carboxylic acids is 1. The van der Waals surface area contributed by atoms with Crippen molar-refractivity contribution in [3.63, 3.8) is 0 Å². The lowest BCUT2D eigenvalue weighted by molar-refractivity contribution is -0.123. The van der Waals surface area contributed by atoms with Gasteiger partial charge >= 0.3 is 0 Å². The number of benzene rings is 1. The van der Waals surface area contributed by atoms with Crippen molar-refractivity contribution in [3.8, 4) is 0 Å². The number of carbonyl (C=O) groups is 1. The molecule has 0 bridgehead atoms. The quantitative estimate of drug-likeness (QED) is 0.716. The van der Waals surface area contributed by atoms with Crippen LogP contribution in [0.4, 0.5) is 0 Å². The molecule has 0 spiro atoms. The Morgan fingerprint density at radius 2 is 1.80 bits per heavy atom. The number of unbranched alkanes of at least 4 members (excludes halogenated alkanes) is 1. The van der Waals surface area contributed by atoms with Gasteiger partial charge in [0.25, 0.3) is 0 Å². The second kappa shape index (κ2) is 8.95. The lowest BCUT2D eigenvalue weighted by Crippen LogP contribution is -2.53. The highest BCUT2D eigenvalue weighted by atomic mass is 35.5. The van der Waals surface area contributed by atoms with E-state index in [1.165, 1.54) is 0 Å². The Morgan fingerprint density at radius 3 is 2.30 bits per heavy atom. The SMILES string of the molecule is CN(C)CCCCC(N)(Cc1ccccc1)C(N)=O.Cl. The van der Waals surface area contributed by atoms with Gasteiger partial charge in [-0.1, -0.05) is 30.3 Å². The minimum atomic E-state index is -0.937. The molecule has 0 aromatic heterocycles. The van der Waals surface area contributed by atoms with Crippen LogP contribution in [-0.4, -0.2) is 37.0 Å². The number of hydrogen-bond acceptors (Lipinski definition) is 3. The second-order valence-corrected chi connectivity index (χ2v) is 5.44. The van der Waals surface area contributed by atoms with Crippen LogP contribution in [0.3, 0.4) is 0 Å². The van der Waals surface area contributed by atoms with Gasteiger partial charge in [-0.3, -0.25) is 4.79 Å². The van der Waals surface area contributed by atoms with Crippen molar-refractivity contribution in [1.82, 2.24) is 4.90 Å². The molecule has 0 heterocycles. The van der Waals surface area contributed by atoms with Gasteiger partial charge in [-0.25, -0.2) is 0 Å². The van der Waals surface area contributed by atoms with Gasteiger partial charge < -0.3 is 16.4 Å². The zero-order valence-electron chi connectivity index (χ0n) is 12.3. The van der Waals surface area contributed by atoms with Gasteiger partial charge in [-0.2, -0.15) is 0 Å². The highest BCUT2D eigenvalue weighted by molar-refractivity contribution is 5.85. The molecule has 0 saturated heterocycles. The lowest BCUT2D eigenvalue weighted by atomic mass is 9.86. The van der Waals surface area contributed by atoms with Gasteiger partial charge in [-0.15, -0.1) is 12.4 Å². The minimum Gasteiger partial charge on any atom is -0.368 e. The molecule has 1 rings (SSSR count). The first-order chi connectivity index (χ1) is 8.94. The number of rotatable bonds is 8. The Kier molecular flexibility index (Phi) is 8.46. The molecule has 0 radical (unpaired) electrons. The summed E-state index contributed by atoms with van der Waals surface area (Å²) in [7, 11) is 4.07.